The fourth-order valence-corrected chi connectivity index (χ4v) is 2.26. The molecule has 0 atom stereocenters. The summed E-state index contributed by atoms with van der Waals surface area (Å²) in [5.74, 6) is 1.49. The quantitative estimate of drug-likeness (QED) is 0.585. The van der Waals surface area contributed by atoms with Crippen LogP contribution in [0.1, 0.15) is 16.7 Å². The van der Waals surface area contributed by atoms with Crippen molar-refractivity contribution < 1.29 is 36.1 Å². The Morgan fingerprint density at radius 3 is 2.88 bits per heavy atom. The summed E-state index contributed by atoms with van der Waals surface area (Å²) in [6.45, 7) is 1.24. The van der Waals surface area contributed by atoms with Crippen molar-refractivity contribution in [2.75, 3.05) is 20.4 Å². The molecular weight excluding hydrogens is 286 g/mol. The number of nitrogens with zero attached hydrogens (tertiary/aromatic N) is 1. The van der Waals surface area contributed by atoms with E-state index < -0.39 is 0 Å². The van der Waals surface area contributed by atoms with Gasteiger partial charge in [-0.25, -0.2) is 4.58 Å². The number of ether oxygens (including phenoxy) is 2. The summed E-state index contributed by atoms with van der Waals surface area (Å²) in [5, 5.41) is 9.30. The highest BCUT2D eigenvalue weighted by Crippen LogP contribution is 2.41. The van der Waals surface area contributed by atoms with Crippen molar-refractivity contribution in [1.29, 1.82) is 0 Å². The second-order valence-electron chi connectivity index (χ2n) is 4.19. The Hall–Kier alpha value is -1.07. The first-order valence-electron chi connectivity index (χ1n) is 5.40. The van der Waals surface area contributed by atoms with Crippen LogP contribution in [-0.4, -0.2) is 36.3 Å². The normalized spacial score (nSPS) is 16.0. The van der Waals surface area contributed by atoms with Crippen molar-refractivity contribution in [3.8, 4) is 11.5 Å². The van der Waals surface area contributed by atoms with E-state index in [1.165, 1.54) is 5.56 Å². The van der Waals surface area contributed by atoms with Crippen LogP contribution < -0.4 is 26.5 Å². The van der Waals surface area contributed by atoms with E-state index in [2.05, 4.69) is 10.8 Å². The minimum absolute atomic E-state index is 0. The summed E-state index contributed by atoms with van der Waals surface area (Å²) in [5.41, 5.74) is 3.15. The van der Waals surface area contributed by atoms with E-state index in [9.17, 15) is 5.11 Å². The van der Waals surface area contributed by atoms with Crippen LogP contribution in [-0.2, 0) is 13.0 Å². The summed E-state index contributed by atoms with van der Waals surface area (Å²) in [6.07, 6.45) is 3.06. The number of aliphatic hydroxyl groups excluding tert-OH is 1. The monoisotopic (exact) mass is 299 g/mol. The predicted molar refractivity (Wildman–Crippen MR) is 58.4 cm³/mol. The predicted octanol–water partition coefficient (Wildman–Crippen LogP) is -2.47. The summed E-state index contributed by atoms with van der Waals surface area (Å²) in [6, 6.07) is 2.02. The zero-order valence-electron chi connectivity index (χ0n) is 9.57. The van der Waals surface area contributed by atoms with E-state index in [0.29, 0.717) is 5.75 Å². The van der Waals surface area contributed by atoms with Crippen LogP contribution in [0.15, 0.2) is 6.07 Å². The number of hydrogen-bond donors (Lipinski definition) is 1. The maximum absolute atomic E-state index is 9.30. The van der Waals surface area contributed by atoms with Gasteiger partial charge in [-0.1, -0.05) is 0 Å². The van der Waals surface area contributed by atoms with Crippen LogP contribution in [0.4, 0.5) is 0 Å². The zero-order chi connectivity index (χ0) is 11.1. The second kappa shape index (κ2) is 4.66. The molecule has 0 spiro atoms. The molecule has 5 heteroatoms. The molecule has 0 amide bonds. The fraction of sp³-hybridized carbons (Fsp3) is 0.417. The van der Waals surface area contributed by atoms with Gasteiger partial charge in [0.05, 0.1) is 12.2 Å². The molecule has 1 N–H and O–H groups in total. The third-order valence-electron chi connectivity index (χ3n) is 3.10. The number of rotatable bonds is 1. The van der Waals surface area contributed by atoms with Crippen molar-refractivity contribution >= 4 is 6.21 Å². The summed E-state index contributed by atoms with van der Waals surface area (Å²) >= 11 is 0. The molecule has 0 aromatic heterocycles. The molecule has 0 bridgehead atoms. The number of aliphatic hydroxyl groups is 1. The van der Waals surface area contributed by atoms with Crippen molar-refractivity contribution in [3.05, 3.63) is 22.8 Å². The van der Waals surface area contributed by atoms with Crippen LogP contribution in [0.3, 0.4) is 0 Å². The van der Waals surface area contributed by atoms with Crippen molar-refractivity contribution in [1.82, 2.24) is 0 Å². The van der Waals surface area contributed by atoms with Crippen LogP contribution in [0, 0.1) is 0 Å². The molecule has 3 rings (SSSR count). The third-order valence-corrected chi connectivity index (χ3v) is 3.10. The lowest BCUT2D eigenvalue weighted by molar-refractivity contribution is -0.493. The minimum Gasteiger partial charge on any atom is -1.00 e. The maximum Gasteiger partial charge on any atom is 0.231 e. The standard InChI is InChI=1S/C12H14NO3.BrH/c1-13-3-2-8-4-9(6-14)11-12(10(8)5-13)16-7-15-11;/h4-5,14H,2-3,6-7H2,1H3;1H/q+1;/p-1. The molecule has 0 radical (unpaired) electrons. The van der Waals surface area contributed by atoms with E-state index in [4.69, 9.17) is 9.47 Å². The number of likely N-dealkylation sites (N-methyl/N-ethyl adjacent to an activating group) is 1. The smallest absolute Gasteiger partial charge is 0.231 e. The van der Waals surface area contributed by atoms with Gasteiger partial charge in [-0.05, 0) is 11.6 Å². The van der Waals surface area contributed by atoms with Gasteiger partial charge in [0.25, 0.3) is 0 Å². The first-order valence-corrected chi connectivity index (χ1v) is 5.40. The largest absolute Gasteiger partial charge is 1.00 e. The molecule has 92 valence electrons. The zero-order valence-corrected chi connectivity index (χ0v) is 11.2. The Bertz CT molecular complexity index is 485. The molecule has 2 heterocycles. The molecule has 2 aliphatic rings. The molecule has 4 nitrogen and oxygen atoms in total. The van der Waals surface area contributed by atoms with Gasteiger partial charge in [-0.15, -0.1) is 0 Å². The lowest BCUT2D eigenvalue weighted by Gasteiger charge is -2.14. The van der Waals surface area contributed by atoms with Gasteiger partial charge in [0.15, 0.2) is 17.7 Å². The van der Waals surface area contributed by atoms with Gasteiger partial charge in [0, 0.05) is 12.0 Å². The lowest BCUT2D eigenvalue weighted by Crippen LogP contribution is -3.00. The second-order valence-corrected chi connectivity index (χ2v) is 4.19. The average Bonchev–Trinajstić information content (AvgIpc) is 2.77. The number of fused-ring (bicyclic) bond motifs is 3. The summed E-state index contributed by atoms with van der Waals surface area (Å²) in [7, 11) is 2.05. The first kappa shape index (κ1) is 12.4. The highest BCUT2D eigenvalue weighted by Gasteiger charge is 2.27. The van der Waals surface area contributed by atoms with Crippen molar-refractivity contribution in [2.45, 2.75) is 13.0 Å². The summed E-state index contributed by atoms with van der Waals surface area (Å²) in [4.78, 5) is 0. The molecule has 0 fully saturated rings. The van der Waals surface area contributed by atoms with Gasteiger partial charge < -0.3 is 31.6 Å². The lowest BCUT2D eigenvalue weighted by atomic mass is 9.97. The number of benzene rings is 1. The van der Waals surface area contributed by atoms with Gasteiger partial charge >= 0.3 is 0 Å². The van der Waals surface area contributed by atoms with E-state index in [0.717, 1.165) is 29.8 Å². The molecule has 1 aromatic carbocycles. The molecule has 17 heavy (non-hydrogen) atoms. The average molecular weight is 300 g/mol. The first-order chi connectivity index (χ1) is 7.79. The summed E-state index contributed by atoms with van der Waals surface area (Å²) < 4.78 is 13.0. The topological polar surface area (TPSA) is 41.7 Å². The van der Waals surface area contributed by atoms with E-state index in [1.54, 1.807) is 0 Å². The third kappa shape index (κ3) is 1.93. The van der Waals surface area contributed by atoms with Crippen molar-refractivity contribution in [3.63, 3.8) is 0 Å². The molecule has 0 saturated carbocycles. The number of hydrogen-bond acceptors (Lipinski definition) is 3. The Morgan fingerprint density at radius 2 is 2.12 bits per heavy atom. The van der Waals surface area contributed by atoms with Gasteiger partial charge in [-0.3, -0.25) is 0 Å². The fourth-order valence-electron chi connectivity index (χ4n) is 2.26. The van der Waals surface area contributed by atoms with Crippen molar-refractivity contribution in [2.24, 2.45) is 0 Å². The Morgan fingerprint density at radius 1 is 1.35 bits per heavy atom. The molecule has 0 aliphatic carbocycles. The molecule has 0 unspecified atom stereocenters. The molecule has 2 aliphatic heterocycles. The van der Waals surface area contributed by atoms with E-state index >= 15 is 0 Å². The minimum atomic E-state index is -0.00515. The SMILES string of the molecule is C[N+]1=Cc2c(cc(CO)c3c2OCO3)CC1.[Br-]. The molecule has 0 saturated heterocycles. The Balaban J connectivity index is 0.00000108. The van der Waals surface area contributed by atoms with Crippen LogP contribution in [0.25, 0.3) is 0 Å². The highest BCUT2D eigenvalue weighted by atomic mass is 79.9. The molecule has 1 aromatic rings. The van der Waals surface area contributed by atoms with Gasteiger partial charge in [0.2, 0.25) is 6.79 Å². The Kier molecular flexibility index (Phi) is 3.40. The van der Waals surface area contributed by atoms with E-state index in [1.807, 2.05) is 13.1 Å². The molecular formula is C12H14BrNO3. The van der Waals surface area contributed by atoms with Gasteiger partial charge in [0.1, 0.15) is 13.6 Å². The Labute approximate surface area is 110 Å². The number of halogens is 1. The highest BCUT2D eigenvalue weighted by molar-refractivity contribution is 5.85. The van der Waals surface area contributed by atoms with Crippen LogP contribution >= 0.6 is 0 Å². The van der Waals surface area contributed by atoms with E-state index in [-0.39, 0.29) is 30.4 Å². The van der Waals surface area contributed by atoms with Crippen LogP contribution in [0.2, 0.25) is 0 Å². The van der Waals surface area contributed by atoms with Crippen LogP contribution in [0.5, 0.6) is 11.5 Å². The maximum atomic E-state index is 9.30. The van der Waals surface area contributed by atoms with Gasteiger partial charge in [-0.2, -0.15) is 0 Å².